The van der Waals surface area contributed by atoms with Crippen LogP contribution in [0.3, 0.4) is 0 Å². The summed E-state index contributed by atoms with van der Waals surface area (Å²) in [5.74, 6) is -2.91. The molecular weight excluding hydrogens is 547 g/mol. The standard InChI is InChI=1S/C25H23N5O4.C2HF3O2/c1-28(2)16-7-6-8-17(14-16)30-22(31)18-9-4-5-10-19(18)25(30,34)15-11-12-20-21(13-15)27-23(26-20)29(3)24(32)33;3-2(4,5)1(6)7/h4-14,34H,1-3H3,(H,26,27)(H,32,33);(H,6,7). The van der Waals surface area contributed by atoms with Crippen LogP contribution in [0.15, 0.2) is 66.7 Å². The number of fused-ring (bicyclic) bond motifs is 2. The molecule has 2 heterocycles. The molecule has 0 bridgehead atoms. The van der Waals surface area contributed by atoms with Gasteiger partial charge in [0, 0.05) is 49.2 Å². The van der Waals surface area contributed by atoms with Crippen LogP contribution in [0.5, 0.6) is 0 Å². The minimum absolute atomic E-state index is 0.157. The number of hydrogen-bond donors (Lipinski definition) is 4. The van der Waals surface area contributed by atoms with Gasteiger partial charge in [0.25, 0.3) is 5.91 Å². The lowest BCUT2D eigenvalue weighted by Crippen LogP contribution is -2.45. The van der Waals surface area contributed by atoms with E-state index in [1.54, 1.807) is 48.5 Å². The zero-order valence-electron chi connectivity index (χ0n) is 21.8. The minimum Gasteiger partial charge on any atom is -0.475 e. The summed E-state index contributed by atoms with van der Waals surface area (Å²) < 4.78 is 31.7. The Kier molecular flexibility index (Phi) is 7.37. The van der Waals surface area contributed by atoms with Crippen molar-refractivity contribution in [2.75, 3.05) is 35.8 Å². The molecule has 0 spiro atoms. The van der Waals surface area contributed by atoms with Gasteiger partial charge in [0.2, 0.25) is 5.95 Å². The first-order valence-corrected chi connectivity index (χ1v) is 11.9. The maximum absolute atomic E-state index is 13.6. The number of nitrogens with zero attached hydrogens (tertiary/aromatic N) is 4. The Morgan fingerprint density at radius 2 is 1.63 bits per heavy atom. The largest absolute Gasteiger partial charge is 0.490 e. The van der Waals surface area contributed by atoms with E-state index in [1.165, 1.54) is 11.9 Å². The van der Waals surface area contributed by atoms with E-state index in [1.807, 2.05) is 37.2 Å². The van der Waals surface area contributed by atoms with Crippen LogP contribution in [0, 0.1) is 0 Å². The van der Waals surface area contributed by atoms with E-state index in [0.717, 1.165) is 10.6 Å². The number of imidazole rings is 1. The third-order valence-corrected chi connectivity index (χ3v) is 6.38. The molecule has 1 aromatic heterocycles. The zero-order valence-corrected chi connectivity index (χ0v) is 21.8. The molecule has 0 saturated heterocycles. The second-order valence-corrected chi connectivity index (χ2v) is 9.21. The lowest BCUT2D eigenvalue weighted by Gasteiger charge is -2.35. The SMILES string of the molecule is CN(C)c1cccc(N2C(=O)c3ccccc3C2(O)c2ccc3nc(N(C)C(=O)O)[nH]c3c2)c1.O=C(O)C(F)(F)F. The fourth-order valence-corrected chi connectivity index (χ4v) is 4.32. The van der Waals surface area contributed by atoms with Crippen LogP contribution in [0.4, 0.5) is 35.3 Å². The first kappa shape index (κ1) is 28.9. The lowest BCUT2D eigenvalue weighted by atomic mass is 9.93. The molecule has 0 aliphatic carbocycles. The fraction of sp³-hybridized carbons (Fsp3) is 0.185. The van der Waals surface area contributed by atoms with Crippen molar-refractivity contribution >= 4 is 46.3 Å². The van der Waals surface area contributed by atoms with Gasteiger partial charge < -0.3 is 25.2 Å². The monoisotopic (exact) mass is 571 g/mol. The number of nitrogens with one attached hydrogen (secondary N) is 1. The number of aromatic amines is 1. The second-order valence-electron chi connectivity index (χ2n) is 9.21. The van der Waals surface area contributed by atoms with Crippen LogP contribution in [-0.4, -0.2) is 70.6 Å². The number of amides is 2. The van der Waals surface area contributed by atoms with Gasteiger partial charge in [-0.1, -0.05) is 30.3 Å². The Bertz CT molecular complexity index is 1650. The molecule has 3 aromatic carbocycles. The molecule has 2 amide bonds. The van der Waals surface area contributed by atoms with Crippen molar-refractivity contribution in [1.82, 2.24) is 9.97 Å². The first-order chi connectivity index (χ1) is 19.2. The van der Waals surface area contributed by atoms with Crippen LogP contribution < -0.4 is 14.7 Å². The van der Waals surface area contributed by atoms with Gasteiger partial charge in [0.1, 0.15) is 0 Å². The molecule has 11 nitrogen and oxygen atoms in total. The molecule has 5 rings (SSSR count). The average molecular weight is 572 g/mol. The highest BCUT2D eigenvalue weighted by Gasteiger charge is 2.50. The molecule has 1 unspecified atom stereocenters. The van der Waals surface area contributed by atoms with E-state index in [2.05, 4.69) is 9.97 Å². The van der Waals surface area contributed by atoms with E-state index in [-0.39, 0.29) is 11.9 Å². The number of H-pyrrole nitrogens is 1. The fourth-order valence-electron chi connectivity index (χ4n) is 4.32. The number of aromatic nitrogens is 2. The van der Waals surface area contributed by atoms with Crippen molar-refractivity contribution in [3.8, 4) is 0 Å². The van der Waals surface area contributed by atoms with E-state index in [0.29, 0.717) is 33.4 Å². The molecule has 0 fully saturated rings. The Morgan fingerprint density at radius 1 is 0.976 bits per heavy atom. The summed E-state index contributed by atoms with van der Waals surface area (Å²) in [6.07, 6.45) is -6.24. The van der Waals surface area contributed by atoms with Crippen molar-refractivity contribution in [1.29, 1.82) is 0 Å². The maximum atomic E-state index is 13.6. The van der Waals surface area contributed by atoms with Gasteiger partial charge >= 0.3 is 18.2 Å². The quantitative estimate of drug-likeness (QED) is 0.284. The van der Waals surface area contributed by atoms with E-state index in [4.69, 9.17) is 9.90 Å². The van der Waals surface area contributed by atoms with Gasteiger partial charge in [-0.3, -0.25) is 14.6 Å². The lowest BCUT2D eigenvalue weighted by molar-refractivity contribution is -0.192. The molecule has 1 aliphatic heterocycles. The minimum atomic E-state index is -5.08. The number of benzene rings is 3. The number of rotatable bonds is 4. The van der Waals surface area contributed by atoms with Crippen LogP contribution >= 0.6 is 0 Å². The third kappa shape index (κ3) is 5.24. The number of aliphatic hydroxyl groups is 1. The highest BCUT2D eigenvalue weighted by Crippen LogP contribution is 2.45. The molecule has 1 aliphatic rings. The van der Waals surface area contributed by atoms with Crippen LogP contribution in [0.1, 0.15) is 21.5 Å². The molecule has 0 radical (unpaired) electrons. The Hall–Kier alpha value is -5.11. The zero-order chi connectivity index (χ0) is 30.3. The molecular formula is C27H24F3N5O6. The molecule has 4 N–H and O–H groups in total. The maximum Gasteiger partial charge on any atom is 0.490 e. The summed E-state index contributed by atoms with van der Waals surface area (Å²) in [4.78, 5) is 45.4. The number of carbonyl (C=O) groups excluding carboxylic acids is 1. The Balaban J connectivity index is 0.000000493. The van der Waals surface area contributed by atoms with E-state index < -0.39 is 24.0 Å². The number of alkyl halides is 3. The van der Waals surface area contributed by atoms with Crippen LogP contribution in [0.25, 0.3) is 11.0 Å². The summed E-state index contributed by atoms with van der Waals surface area (Å²) in [7, 11) is 5.20. The predicted molar refractivity (Wildman–Crippen MR) is 143 cm³/mol. The van der Waals surface area contributed by atoms with Crippen LogP contribution in [0.2, 0.25) is 0 Å². The molecule has 4 aromatic rings. The van der Waals surface area contributed by atoms with E-state index >= 15 is 0 Å². The van der Waals surface area contributed by atoms with Crippen molar-refractivity contribution < 1.29 is 42.9 Å². The summed E-state index contributed by atoms with van der Waals surface area (Å²) in [6.45, 7) is 0. The predicted octanol–water partition coefficient (Wildman–Crippen LogP) is 4.23. The van der Waals surface area contributed by atoms with Crippen molar-refractivity contribution in [3.05, 3.63) is 83.4 Å². The molecule has 214 valence electrons. The topological polar surface area (TPSA) is 150 Å². The summed E-state index contributed by atoms with van der Waals surface area (Å²) in [5.41, 5.74) is 2.05. The number of halogens is 3. The van der Waals surface area contributed by atoms with Gasteiger partial charge in [-0.2, -0.15) is 13.2 Å². The smallest absolute Gasteiger partial charge is 0.475 e. The number of anilines is 3. The summed E-state index contributed by atoms with van der Waals surface area (Å²) >= 11 is 0. The van der Waals surface area contributed by atoms with Gasteiger partial charge in [-0.15, -0.1) is 0 Å². The average Bonchev–Trinajstić information content (AvgIpc) is 3.45. The number of carbonyl (C=O) groups is 3. The molecule has 14 heteroatoms. The van der Waals surface area contributed by atoms with Crippen LogP contribution in [-0.2, 0) is 10.5 Å². The normalized spacial score (nSPS) is 16.2. The highest BCUT2D eigenvalue weighted by molar-refractivity contribution is 6.12. The summed E-state index contributed by atoms with van der Waals surface area (Å²) in [6, 6.07) is 19.5. The van der Waals surface area contributed by atoms with Crippen molar-refractivity contribution in [2.45, 2.75) is 11.9 Å². The van der Waals surface area contributed by atoms with Gasteiger partial charge in [-0.25, -0.2) is 14.6 Å². The Labute approximate surface area is 230 Å². The van der Waals surface area contributed by atoms with Crippen molar-refractivity contribution in [2.24, 2.45) is 0 Å². The van der Waals surface area contributed by atoms with Crippen molar-refractivity contribution in [3.63, 3.8) is 0 Å². The molecule has 1 atom stereocenters. The Morgan fingerprint density at radius 3 is 2.24 bits per heavy atom. The third-order valence-electron chi connectivity index (χ3n) is 6.38. The van der Waals surface area contributed by atoms with Gasteiger partial charge in [0.15, 0.2) is 5.72 Å². The second kappa shape index (κ2) is 10.5. The van der Waals surface area contributed by atoms with Gasteiger partial charge in [0.05, 0.1) is 11.0 Å². The van der Waals surface area contributed by atoms with E-state index in [9.17, 15) is 33.0 Å². The van der Waals surface area contributed by atoms with Gasteiger partial charge in [-0.05, 0) is 36.4 Å². The number of hydrogen-bond acceptors (Lipinski definition) is 6. The first-order valence-electron chi connectivity index (χ1n) is 11.9. The summed E-state index contributed by atoms with van der Waals surface area (Å²) in [5, 5.41) is 28.6. The number of carboxylic acids is 1. The number of aliphatic carboxylic acids is 1. The number of carboxylic acid groups (broad SMARTS) is 2. The highest BCUT2D eigenvalue weighted by atomic mass is 19.4. The molecule has 0 saturated carbocycles. The molecule has 41 heavy (non-hydrogen) atoms.